The summed E-state index contributed by atoms with van der Waals surface area (Å²) < 4.78 is 33.0. The molecule has 0 bridgehead atoms. The van der Waals surface area contributed by atoms with Gasteiger partial charge in [0.2, 0.25) is 10.0 Å². The van der Waals surface area contributed by atoms with Gasteiger partial charge in [0, 0.05) is 16.8 Å². The van der Waals surface area contributed by atoms with Crippen LogP contribution in [0.15, 0.2) is 51.8 Å². The number of hydrogen-bond acceptors (Lipinski definition) is 4. The van der Waals surface area contributed by atoms with Crippen LogP contribution in [0.2, 0.25) is 0 Å². The lowest BCUT2D eigenvalue weighted by molar-refractivity contribution is 0.102. The van der Waals surface area contributed by atoms with Gasteiger partial charge in [-0.2, -0.15) is 0 Å². The van der Waals surface area contributed by atoms with Crippen molar-refractivity contribution in [3.63, 3.8) is 0 Å². The molecular weight excluding hydrogens is 420 g/mol. The normalized spacial score (nSPS) is 11.9. The molecule has 0 spiro atoms. The van der Waals surface area contributed by atoms with Crippen LogP contribution in [0.1, 0.15) is 31.1 Å². The van der Waals surface area contributed by atoms with Gasteiger partial charge in [-0.3, -0.25) is 4.79 Å². The van der Waals surface area contributed by atoms with Gasteiger partial charge < -0.3 is 10.1 Å². The highest BCUT2D eigenvalue weighted by molar-refractivity contribution is 9.10. The van der Waals surface area contributed by atoms with E-state index in [0.717, 1.165) is 0 Å². The van der Waals surface area contributed by atoms with E-state index in [-0.39, 0.29) is 10.8 Å². The first-order chi connectivity index (χ1) is 12.0. The molecule has 0 atom stereocenters. The molecule has 2 aromatic rings. The van der Waals surface area contributed by atoms with Crippen LogP contribution in [0.3, 0.4) is 0 Å². The van der Waals surface area contributed by atoms with Crippen LogP contribution in [-0.4, -0.2) is 27.0 Å². The molecule has 0 radical (unpaired) electrons. The molecule has 0 fully saturated rings. The number of rotatable bonds is 5. The minimum atomic E-state index is -3.61. The number of amides is 1. The van der Waals surface area contributed by atoms with Crippen LogP contribution < -0.4 is 14.8 Å². The Morgan fingerprint density at radius 3 is 2.19 bits per heavy atom. The predicted octanol–water partition coefficient (Wildman–Crippen LogP) is 3.79. The van der Waals surface area contributed by atoms with Crippen LogP contribution >= 0.6 is 15.9 Å². The number of halogens is 1. The summed E-state index contributed by atoms with van der Waals surface area (Å²) in [5, 5.41) is 2.73. The zero-order valence-corrected chi connectivity index (χ0v) is 17.4. The van der Waals surface area contributed by atoms with Crippen molar-refractivity contribution in [3.8, 4) is 5.75 Å². The molecule has 0 aliphatic rings. The van der Waals surface area contributed by atoms with Crippen molar-refractivity contribution in [1.82, 2.24) is 4.72 Å². The quantitative estimate of drug-likeness (QED) is 0.740. The van der Waals surface area contributed by atoms with Crippen molar-refractivity contribution in [2.45, 2.75) is 31.2 Å². The highest BCUT2D eigenvalue weighted by Gasteiger charge is 2.21. The van der Waals surface area contributed by atoms with E-state index in [1.807, 2.05) is 0 Å². The molecule has 8 heteroatoms. The lowest BCUT2D eigenvalue weighted by atomic mass is 10.1. The number of nitrogens with one attached hydrogen (secondary N) is 2. The molecule has 26 heavy (non-hydrogen) atoms. The van der Waals surface area contributed by atoms with E-state index in [2.05, 4.69) is 26.0 Å². The summed E-state index contributed by atoms with van der Waals surface area (Å²) in [5.41, 5.74) is 0.369. The molecule has 2 aromatic carbocycles. The number of benzene rings is 2. The first-order valence-electron chi connectivity index (χ1n) is 7.81. The Kier molecular flexibility index (Phi) is 6.10. The van der Waals surface area contributed by atoms with Gasteiger partial charge in [-0.15, -0.1) is 0 Å². The van der Waals surface area contributed by atoms with Gasteiger partial charge in [-0.1, -0.05) is 0 Å². The molecule has 0 heterocycles. The van der Waals surface area contributed by atoms with E-state index >= 15 is 0 Å². The minimum Gasteiger partial charge on any atom is -0.496 e. The third-order valence-electron chi connectivity index (χ3n) is 3.28. The zero-order valence-electron chi connectivity index (χ0n) is 15.0. The van der Waals surface area contributed by atoms with Crippen molar-refractivity contribution < 1.29 is 17.9 Å². The number of hydrogen-bond donors (Lipinski definition) is 2. The van der Waals surface area contributed by atoms with Gasteiger partial charge in [-0.05, 0) is 79.2 Å². The highest BCUT2D eigenvalue weighted by atomic mass is 79.9. The van der Waals surface area contributed by atoms with E-state index in [1.165, 1.54) is 12.1 Å². The second-order valence-electron chi connectivity index (χ2n) is 6.68. The maximum absolute atomic E-state index is 12.3. The summed E-state index contributed by atoms with van der Waals surface area (Å²) in [6, 6.07) is 11.0. The van der Waals surface area contributed by atoms with Crippen molar-refractivity contribution in [2.75, 3.05) is 12.4 Å². The molecule has 1 amide bonds. The number of carbonyl (C=O) groups excluding carboxylic acids is 1. The second kappa shape index (κ2) is 7.77. The third-order valence-corrected chi connectivity index (χ3v) is 5.67. The molecule has 0 aliphatic carbocycles. The first-order valence-corrected chi connectivity index (χ1v) is 10.1. The van der Waals surface area contributed by atoms with Gasteiger partial charge >= 0.3 is 0 Å². The van der Waals surface area contributed by atoms with E-state index in [1.54, 1.807) is 58.2 Å². The predicted molar refractivity (Wildman–Crippen MR) is 105 cm³/mol. The number of anilines is 1. The molecule has 0 saturated carbocycles. The van der Waals surface area contributed by atoms with Crippen LogP contribution in [0.5, 0.6) is 5.75 Å². The maximum atomic E-state index is 12.3. The van der Waals surface area contributed by atoms with Crippen LogP contribution in [0.25, 0.3) is 0 Å². The summed E-state index contributed by atoms with van der Waals surface area (Å²) in [4.78, 5) is 12.5. The molecule has 0 unspecified atom stereocenters. The standard InChI is InChI=1S/C18H21BrN2O4S/c1-18(2,3)21-26(23,24)14-8-6-13(7-9-14)20-17(22)12-5-10-16(25-4)15(19)11-12/h5-11,21H,1-4H3,(H,20,22). The monoisotopic (exact) mass is 440 g/mol. The topological polar surface area (TPSA) is 84.5 Å². The fourth-order valence-corrected chi connectivity index (χ4v) is 4.15. The van der Waals surface area contributed by atoms with Gasteiger partial charge in [0.1, 0.15) is 5.75 Å². The summed E-state index contributed by atoms with van der Waals surface area (Å²) in [5.74, 6) is 0.319. The Bertz CT molecular complexity index is 904. The molecule has 0 aliphatic heterocycles. The molecule has 0 saturated heterocycles. The van der Waals surface area contributed by atoms with E-state index in [4.69, 9.17) is 4.74 Å². The van der Waals surface area contributed by atoms with E-state index in [0.29, 0.717) is 21.5 Å². The molecule has 2 rings (SSSR count). The van der Waals surface area contributed by atoms with Gasteiger partial charge in [0.15, 0.2) is 0 Å². The Balaban J connectivity index is 2.14. The molecule has 0 aromatic heterocycles. The molecular formula is C18H21BrN2O4S. The first kappa shape index (κ1) is 20.4. The average molecular weight is 441 g/mol. The Morgan fingerprint density at radius 1 is 1.08 bits per heavy atom. The summed E-state index contributed by atoms with van der Waals surface area (Å²) >= 11 is 3.34. The minimum absolute atomic E-state index is 0.137. The van der Waals surface area contributed by atoms with Crippen LogP contribution in [-0.2, 0) is 10.0 Å². The SMILES string of the molecule is COc1ccc(C(=O)Nc2ccc(S(=O)(=O)NC(C)(C)C)cc2)cc1Br. The van der Waals surface area contributed by atoms with Gasteiger partial charge in [0.05, 0.1) is 16.5 Å². The van der Waals surface area contributed by atoms with Gasteiger partial charge in [-0.25, -0.2) is 13.1 Å². The van der Waals surface area contributed by atoms with Crippen LogP contribution in [0.4, 0.5) is 5.69 Å². The lowest BCUT2D eigenvalue weighted by Crippen LogP contribution is -2.40. The smallest absolute Gasteiger partial charge is 0.255 e. The largest absolute Gasteiger partial charge is 0.496 e. The summed E-state index contributed by atoms with van der Waals surface area (Å²) in [6.45, 7) is 5.31. The number of ether oxygens (including phenoxy) is 1. The zero-order chi connectivity index (χ0) is 19.5. The van der Waals surface area contributed by atoms with E-state index in [9.17, 15) is 13.2 Å². The number of methoxy groups -OCH3 is 1. The van der Waals surface area contributed by atoms with Crippen LogP contribution in [0, 0.1) is 0 Å². The summed E-state index contributed by atoms with van der Waals surface area (Å²) in [7, 11) is -2.07. The third kappa shape index (κ3) is 5.30. The van der Waals surface area contributed by atoms with Gasteiger partial charge in [0.25, 0.3) is 5.91 Å². The Hall–Kier alpha value is -1.90. The highest BCUT2D eigenvalue weighted by Crippen LogP contribution is 2.26. The molecule has 6 nitrogen and oxygen atoms in total. The van der Waals surface area contributed by atoms with Crippen molar-refractivity contribution >= 4 is 37.5 Å². The Labute approximate surface area is 162 Å². The average Bonchev–Trinajstić information content (AvgIpc) is 2.53. The number of sulfonamides is 1. The fraction of sp³-hybridized carbons (Fsp3) is 0.278. The van der Waals surface area contributed by atoms with E-state index < -0.39 is 15.6 Å². The molecule has 2 N–H and O–H groups in total. The lowest BCUT2D eigenvalue weighted by Gasteiger charge is -2.20. The molecule has 140 valence electrons. The number of carbonyl (C=O) groups is 1. The van der Waals surface area contributed by atoms with Crippen molar-refractivity contribution in [2.24, 2.45) is 0 Å². The Morgan fingerprint density at radius 2 is 1.69 bits per heavy atom. The maximum Gasteiger partial charge on any atom is 0.255 e. The van der Waals surface area contributed by atoms with Crippen molar-refractivity contribution in [1.29, 1.82) is 0 Å². The van der Waals surface area contributed by atoms with Crippen molar-refractivity contribution in [3.05, 3.63) is 52.5 Å². The summed E-state index contributed by atoms with van der Waals surface area (Å²) in [6.07, 6.45) is 0. The second-order valence-corrected chi connectivity index (χ2v) is 9.22. The fourth-order valence-electron chi connectivity index (χ4n) is 2.19.